The van der Waals surface area contributed by atoms with Crippen LogP contribution in [0, 0.1) is 0 Å². The number of carbonyl (C=O) groups excluding carboxylic acids is 4. The summed E-state index contributed by atoms with van der Waals surface area (Å²) in [4.78, 5) is 51.3. The zero-order chi connectivity index (χ0) is 23.1. The third kappa shape index (κ3) is 9.45. The van der Waals surface area contributed by atoms with Crippen LogP contribution in [-0.4, -0.2) is 65.3 Å². The summed E-state index contributed by atoms with van der Waals surface area (Å²) >= 11 is 0. The van der Waals surface area contributed by atoms with Gasteiger partial charge in [-0.2, -0.15) is 0 Å². The number of rotatable bonds is 8. The smallest absolute Gasteiger partial charge is 0.408 e. The number of ether oxygens (including phenoxy) is 3. The fourth-order valence-electron chi connectivity index (χ4n) is 2.83. The molecule has 0 radical (unpaired) electrons. The van der Waals surface area contributed by atoms with Crippen molar-refractivity contribution in [2.45, 2.75) is 97.4 Å². The second-order valence-electron chi connectivity index (χ2n) is 9.35. The van der Waals surface area contributed by atoms with Crippen LogP contribution in [0.5, 0.6) is 0 Å². The highest BCUT2D eigenvalue weighted by molar-refractivity contribution is 5.91. The monoisotopic (exact) mass is 428 g/mol. The zero-order valence-electron chi connectivity index (χ0n) is 19.2. The van der Waals surface area contributed by atoms with Crippen molar-refractivity contribution in [3.8, 4) is 0 Å². The van der Waals surface area contributed by atoms with Gasteiger partial charge in [0.05, 0.1) is 13.0 Å². The largest absolute Gasteiger partial charge is 0.465 e. The third-order valence-electron chi connectivity index (χ3n) is 4.18. The lowest BCUT2D eigenvalue weighted by atomic mass is 9.90. The molecule has 0 saturated heterocycles. The van der Waals surface area contributed by atoms with E-state index < -0.39 is 41.2 Å². The summed E-state index contributed by atoms with van der Waals surface area (Å²) in [5.41, 5.74) is -1.52. The molecule has 1 saturated carbocycles. The van der Waals surface area contributed by atoms with Crippen LogP contribution in [0.4, 0.5) is 4.79 Å². The van der Waals surface area contributed by atoms with E-state index in [9.17, 15) is 19.2 Å². The molecule has 1 atom stereocenters. The van der Waals surface area contributed by atoms with Gasteiger partial charge in [-0.05, 0) is 67.7 Å². The Morgan fingerprint density at radius 2 is 1.53 bits per heavy atom. The van der Waals surface area contributed by atoms with Crippen molar-refractivity contribution < 1.29 is 33.4 Å². The lowest BCUT2D eigenvalue weighted by molar-refractivity contribution is -0.158. The molecule has 0 aromatic heterocycles. The molecule has 1 aliphatic rings. The maximum absolute atomic E-state index is 13.3. The summed E-state index contributed by atoms with van der Waals surface area (Å²) < 4.78 is 15.5. The van der Waals surface area contributed by atoms with Gasteiger partial charge in [-0.3, -0.25) is 14.4 Å². The second-order valence-corrected chi connectivity index (χ2v) is 9.35. The number of nitrogens with one attached hydrogen (secondary N) is 1. The van der Waals surface area contributed by atoms with Crippen molar-refractivity contribution in [1.82, 2.24) is 10.2 Å². The molecule has 0 aromatic carbocycles. The maximum Gasteiger partial charge on any atom is 0.408 e. The minimum absolute atomic E-state index is 0.136. The number of amides is 2. The van der Waals surface area contributed by atoms with E-state index in [1.165, 1.54) is 4.90 Å². The maximum atomic E-state index is 13.3. The Kier molecular flexibility index (Phi) is 9.11. The number of hydrogen-bond acceptors (Lipinski definition) is 7. The van der Waals surface area contributed by atoms with Crippen molar-refractivity contribution in [1.29, 1.82) is 0 Å². The summed E-state index contributed by atoms with van der Waals surface area (Å²) in [6.07, 6.45) is 1.23. The number of nitrogens with zero attached hydrogens (tertiary/aromatic N) is 1. The van der Waals surface area contributed by atoms with Gasteiger partial charge in [0.1, 0.15) is 23.8 Å². The van der Waals surface area contributed by atoms with Crippen LogP contribution in [0.15, 0.2) is 0 Å². The first kappa shape index (κ1) is 25.7. The van der Waals surface area contributed by atoms with Crippen molar-refractivity contribution in [2.24, 2.45) is 0 Å². The average molecular weight is 429 g/mol. The Bertz CT molecular complexity index is 600. The zero-order valence-corrected chi connectivity index (χ0v) is 19.2. The molecular weight excluding hydrogens is 392 g/mol. The standard InChI is InChI=1S/C21H36N2O7/c1-8-28-17(25)13-23(14-10-9-11-14)18(26)15(12-16(24)29-20(2,3)4)22-19(27)30-21(5,6)7/h14-15H,8-13H2,1-7H3,(H,22,27)/t15-/m0/s1. The molecule has 9 nitrogen and oxygen atoms in total. The first-order chi connectivity index (χ1) is 13.7. The second kappa shape index (κ2) is 10.6. The quantitative estimate of drug-likeness (QED) is 0.467. The number of alkyl carbamates (subject to hydrolysis) is 1. The molecule has 0 spiro atoms. The first-order valence-corrected chi connectivity index (χ1v) is 10.4. The Morgan fingerprint density at radius 3 is 1.97 bits per heavy atom. The normalized spacial score (nSPS) is 15.4. The van der Waals surface area contributed by atoms with E-state index >= 15 is 0 Å². The molecule has 0 heterocycles. The third-order valence-corrected chi connectivity index (χ3v) is 4.18. The minimum Gasteiger partial charge on any atom is -0.465 e. The van der Waals surface area contributed by atoms with Crippen LogP contribution in [0.1, 0.15) is 74.1 Å². The molecule has 0 unspecified atom stereocenters. The fourth-order valence-corrected chi connectivity index (χ4v) is 2.83. The van der Waals surface area contributed by atoms with E-state index in [4.69, 9.17) is 14.2 Å². The highest BCUT2D eigenvalue weighted by atomic mass is 16.6. The van der Waals surface area contributed by atoms with E-state index in [1.54, 1.807) is 48.5 Å². The molecule has 172 valence electrons. The van der Waals surface area contributed by atoms with Gasteiger partial charge in [-0.15, -0.1) is 0 Å². The van der Waals surface area contributed by atoms with Crippen molar-refractivity contribution in [3.63, 3.8) is 0 Å². The van der Waals surface area contributed by atoms with Gasteiger partial charge in [-0.1, -0.05) is 0 Å². The van der Waals surface area contributed by atoms with Crippen molar-refractivity contribution >= 4 is 23.9 Å². The highest BCUT2D eigenvalue weighted by Gasteiger charge is 2.37. The molecule has 1 N–H and O–H groups in total. The van der Waals surface area contributed by atoms with Crippen LogP contribution in [-0.2, 0) is 28.6 Å². The van der Waals surface area contributed by atoms with E-state index in [0.29, 0.717) is 0 Å². The molecule has 2 amide bonds. The Morgan fingerprint density at radius 1 is 0.967 bits per heavy atom. The van der Waals surface area contributed by atoms with E-state index in [0.717, 1.165) is 19.3 Å². The fraction of sp³-hybridized carbons (Fsp3) is 0.810. The molecule has 0 bridgehead atoms. The first-order valence-electron chi connectivity index (χ1n) is 10.4. The molecule has 1 rings (SSSR count). The van der Waals surface area contributed by atoms with Gasteiger partial charge in [0.25, 0.3) is 0 Å². The predicted octanol–water partition coefficient (Wildman–Crippen LogP) is 2.56. The number of carbonyl (C=O) groups is 4. The summed E-state index contributed by atoms with van der Waals surface area (Å²) in [6.45, 7) is 11.9. The summed E-state index contributed by atoms with van der Waals surface area (Å²) in [5, 5.41) is 2.47. The van der Waals surface area contributed by atoms with Crippen molar-refractivity contribution in [3.05, 3.63) is 0 Å². The molecule has 0 aromatic rings. The van der Waals surface area contributed by atoms with Crippen LogP contribution in [0.3, 0.4) is 0 Å². The molecule has 1 fully saturated rings. The topological polar surface area (TPSA) is 111 Å². The van der Waals surface area contributed by atoms with E-state index in [-0.39, 0.29) is 25.6 Å². The molecular formula is C21H36N2O7. The van der Waals surface area contributed by atoms with Crippen LogP contribution < -0.4 is 5.32 Å². The van der Waals surface area contributed by atoms with Gasteiger partial charge in [-0.25, -0.2) is 4.79 Å². The van der Waals surface area contributed by atoms with E-state index in [2.05, 4.69) is 5.32 Å². The van der Waals surface area contributed by atoms with Crippen molar-refractivity contribution in [2.75, 3.05) is 13.2 Å². The van der Waals surface area contributed by atoms with Gasteiger partial charge < -0.3 is 24.4 Å². The molecule has 9 heteroatoms. The van der Waals surface area contributed by atoms with Crippen LogP contribution >= 0.6 is 0 Å². The minimum atomic E-state index is -1.22. The predicted molar refractivity (Wildman–Crippen MR) is 110 cm³/mol. The van der Waals surface area contributed by atoms with Gasteiger partial charge in [0.2, 0.25) is 5.91 Å². The Hall–Kier alpha value is -2.32. The van der Waals surface area contributed by atoms with Crippen LogP contribution in [0.2, 0.25) is 0 Å². The Balaban J connectivity index is 3.02. The summed E-state index contributed by atoms with van der Waals surface area (Å²) in [7, 11) is 0. The molecule has 1 aliphatic carbocycles. The lowest BCUT2D eigenvalue weighted by Gasteiger charge is -2.38. The van der Waals surface area contributed by atoms with Gasteiger partial charge in [0.15, 0.2) is 0 Å². The summed E-state index contributed by atoms with van der Waals surface area (Å²) in [6, 6.07) is -1.35. The lowest BCUT2D eigenvalue weighted by Crippen LogP contribution is -2.56. The molecule has 0 aliphatic heterocycles. The number of hydrogen-bond donors (Lipinski definition) is 1. The van der Waals surface area contributed by atoms with Gasteiger partial charge in [0, 0.05) is 6.04 Å². The van der Waals surface area contributed by atoms with Gasteiger partial charge >= 0.3 is 18.0 Å². The molecule has 30 heavy (non-hydrogen) atoms. The number of esters is 2. The SMILES string of the molecule is CCOC(=O)CN(C(=O)[C@H](CC(=O)OC(C)(C)C)NC(=O)OC(C)(C)C)C1CCC1. The highest BCUT2D eigenvalue weighted by Crippen LogP contribution is 2.26. The average Bonchev–Trinajstić information content (AvgIpc) is 2.47. The van der Waals surface area contributed by atoms with E-state index in [1.807, 2.05) is 0 Å². The Labute approximate surface area is 178 Å². The van der Waals surface area contributed by atoms with Crippen LogP contribution in [0.25, 0.3) is 0 Å². The summed E-state index contributed by atoms with van der Waals surface area (Å²) in [5.74, 6) is -1.71.